The minimum absolute atomic E-state index is 0.839. The highest BCUT2D eigenvalue weighted by Crippen LogP contribution is 2.03. The Morgan fingerprint density at radius 3 is 1.20 bits per heavy atom. The van der Waals surface area contributed by atoms with Gasteiger partial charge in [0.25, 0.3) is 0 Å². The Bertz CT molecular complexity index is 264. The van der Waals surface area contributed by atoms with Gasteiger partial charge in [-0.25, -0.2) is 16.8 Å². The van der Waals surface area contributed by atoms with E-state index in [0.29, 0.717) is 0 Å². The summed E-state index contributed by atoms with van der Waals surface area (Å²) in [7, 11) is -7.12. The summed E-state index contributed by atoms with van der Waals surface area (Å²) in [4.78, 5) is 0. The van der Waals surface area contributed by atoms with Crippen LogP contribution < -0.4 is 0 Å². The zero-order valence-corrected chi connectivity index (χ0v) is 7.37. The molecule has 10 heavy (non-hydrogen) atoms. The fraction of sp³-hybridized carbons (Fsp3) is 0.750. The lowest BCUT2D eigenvalue weighted by molar-refractivity contribution is 0.588. The van der Waals surface area contributed by atoms with E-state index < -0.39 is 24.3 Å². The molecule has 0 atom stereocenters. The highest BCUT2D eigenvalue weighted by molar-refractivity contribution is 8.08. The van der Waals surface area contributed by atoms with Gasteiger partial charge in [-0.05, 0) is 6.92 Å². The summed E-state index contributed by atoms with van der Waals surface area (Å²) < 4.78 is 40.6. The smallest absolute Gasteiger partial charge is 0.164 e. The summed E-state index contributed by atoms with van der Waals surface area (Å²) in [6.07, 6.45) is 1.68. The molecule has 1 radical (unpaired) electrons. The highest BCUT2D eigenvalue weighted by atomic mass is 32.3. The molecule has 0 aliphatic heterocycles. The molecule has 0 aromatic carbocycles. The van der Waals surface area contributed by atoms with Gasteiger partial charge in [0, 0.05) is 12.5 Å². The van der Waals surface area contributed by atoms with Gasteiger partial charge < -0.3 is 0 Å². The van der Waals surface area contributed by atoms with Crippen LogP contribution in [0.2, 0.25) is 0 Å². The molecule has 0 fully saturated rings. The Morgan fingerprint density at radius 2 is 1.20 bits per heavy atom. The van der Waals surface area contributed by atoms with Crippen molar-refractivity contribution in [1.82, 2.24) is 0 Å². The van der Waals surface area contributed by atoms with Gasteiger partial charge in [0.2, 0.25) is 0 Å². The molecule has 0 heterocycles. The lowest BCUT2D eigenvalue weighted by Crippen LogP contribution is -2.25. The van der Waals surface area contributed by atoms with Gasteiger partial charge in [-0.15, -0.1) is 0 Å². The van der Waals surface area contributed by atoms with Crippen LogP contribution in [-0.4, -0.2) is 33.9 Å². The summed E-state index contributed by atoms with van der Waals surface area (Å²) in [6.45, 7) is 3.00. The van der Waals surface area contributed by atoms with E-state index in [4.69, 9.17) is 0 Å². The first-order valence-corrected chi connectivity index (χ1v) is 6.27. The van der Waals surface area contributed by atoms with Gasteiger partial charge in [-0.3, -0.25) is 0 Å². The molecule has 0 rings (SSSR count). The second kappa shape index (κ2) is 2.50. The SMILES string of the molecule is [CH2]C(S(C)(=O)=O)S(C)(=O)=O. The molecule has 0 aromatic rings. The number of sulfone groups is 2. The molecule has 0 aromatic heterocycles. The monoisotopic (exact) mass is 185 g/mol. The predicted molar refractivity (Wildman–Crippen MR) is 38.8 cm³/mol. The van der Waals surface area contributed by atoms with Crippen LogP contribution in [0.25, 0.3) is 0 Å². The van der Waals surface area contributed by atoms with Crippen LogP contribution in [0, 0.1) is 6.92 Å². The van der Waals surface area contributed by atoms with Gasteiger partial charge in [0.05, 0.1) is 0 Å². The molecule has 0 spiro atoms. The lowest BCUT2D eigenvalue weighted by atomic mass is 11.0. The maximum absolute atomic E-state index is 10.5. The third-order valence-corrected chi connectivity index (χ3v) is 4.96. The van der Waals surface area contributed by atoms with Crippen molar-refractivity contribution >= 4 is 19.7 Å². The first kappa shape index (κ1) is 9.90. The van der Waals surface area contributed by atoms with Crippen LogP contribution in [0.3, 0.4) is 0 Å². The largest absolute Gasteiger partial charge is 0.228 e. The van der Waals surface area contributed by atoms with Crippen molar-refractivity contribution in [3.8, 4) is 0 Å². The fourth-order valence-corrected chi connectivity index (χ4v) is 2.86. The third-order valence-electron chi connectivity index (χ3n) is 0.955. The van der Waals surface area contributed by atoms with Crippen molar-refractivity contribution in [2.45, 2.75) is 4.58 Å². The standard InChI is InChI=1S/C4H9O4S2/c1-4(9(2,5)6)10(3,7)8/h4H,1H2,2-3H3. The van der Waals surface area contributed by atoms with E-state index in [1.165, 1.54) is 0 Å². The van der Waals surface area contributed by atoms with E-state index in [1.807, 2.05) is 0 Å². The summed E-state index contributed by atoms with van der Waals surface area (Å²) in [6, 6.07) is 0. The van der Waals surface area contributed by atoms with Gasteiger partial charge >= 0.3 is 0 Å². The Labute approximate surface area is 61.1 Å². The second-order valence-electron chi connectivity index (χ2n) is 2.09. The first-order chi connectivity index (χ1) is 4.15. The molecule has 0 saturated heterocycles. The summed E-state index contributed by atoms with van der Waals surface area (Å²) >= 11 is 0. The Hall–Kier alpha value is -0.100. The average Bonchev–Trinajstić information content (AvgIpc) is 1.59. The molecular formula is C4H9O4S2. The van der Waals surface area contributed by atoms with Crippen molar-refractivity contribution in [1.29, 1.82) is 0 Å². The van der Waals surface area contributed by atoms with E-state index in [1.54, 1.807) is 0 Å². The minimum atomic E-state index is -3.56. The fourth-order valence-electron chi connectivity index (χ4n) is 0.318. The molecule has 0 aliphatic rings. The highest BCUT2D eigenvalue weighted by Gasteiger charge is 2.25. The normalized spacial score (nSPS) is 14.0. The van der Waals surface area contributed by atoms with Crippen molar-refractivity contribution < 1.29 is 16.8 Å². The van der Waals surface area contributed by atoms with E-state index in [-0.39, 0.29) is 0 Å². The number of hydrogen-bond donors (Lipinski definition) is 0. The van der Waals surface area contributed by atoms with Crippen molar-refractivity contribution in [3.05, 3.63) is 6.92 Å². The van der Waals surface area contributed by atoms with Crippen molar-refractivity contribution in [2.75, 3.05) is 12.5 Å². The van der Waals surface area contributed by atoms with Crippen LogP contribution >= 0.6 is 0 Å². The van der Waals surface area contributed by atoms with Crippen molar-refractivity contribution in [3.63, 3.8) is 0 Å². The first-order valence-electron chi connectivity index (χ1n) is 2.36. The Morgan fingerprint density at radius 1 is 1.00 bits per heavy atom. The van der Waals surface area contributed by atoms with Crippen LogP contribution in [0.15, 0.2) is 0 Å². The molecular weight excluding hydrogens is 176 g/mol. The summed E-state index contributed by atoms with van der Waals surface area (Å²) in [5.74, 6) is 0. The maximum Gasteiger partial charge on any atom is 0.164 e. The molecule has 0 unspecified atom stereocenters. The molecule has 0 N–H and O–H groups in total. The van der Waals surface area contributed by atoms with Crippen LogP contribution in [-0.2, 0) is 19.7 Å². The Kier molecular flexibility index (Phi) is 2.48. The van der Waals surface area contributed by atoms with Gasteiger partial charge in [0.15, 0.2) is 24.3 Å². The number of rotatable bonds is 2. The van der Waals surface area contributed by atoms with Gasteiger partial charge in [-0.1, -0.05) is 0 Å². The van der Waals surface area contributed by atoms with Crippen LogP contribution in [0.5, 0.6) is 0 Å². The predicted octanol–water partition coefficient (Wildman–Crippen LogP) is -0.764. The average molecular weight is 185 g/mol. The maximum atomic E-state index is 10.5. The van der Waals surface area contributed by atoms with Crippen LogP contribution in [0.1, 0.15) is 0 Å². The minimum Gasteiger partial charge on any atom is -0.228 e. The quantitative estimate of drug-likeness (QED) is 0.567. The molecule has 0 saturated carbocycles. The van der Waals surface area contributed by atoms with Crippen molar-refractivity contribution in [2.24, 2.45) is 0 Å². The molecule has 61 valence electrons. The van der Waals surface area contributed by atoms with Gasteiger partial charge in [-0.2, -0.15) is 0 Å². The molecule has 4 nitrogen and oxygen atoms in total. The van der Waals surface area contributed by atoms with Crippen LogP contribution in [0.4, 0.5) is 0 Å². The molecule has 0 aliphatic carbocycles. The Balaban J connectivity index is 4.94. The zero-order valence-electron chi connectivity index (χ0n) is 5.73. The summed E-state index contributed by atoms with van der Waals surface area (Å²) in [5, 5.41) is 0. The second-order valence-corrected chi connectivity index (χ2v) is 6.84. The van der Waals surface area contributed by atoms with E-state index >= 15 is 0 Å². The van der Waals surface area contributed by atoms with E-state index in [9.17, 15) is 16.8 Å². The molecule has 6 heteroatoms. The third kappa shape index (κ3) is 2.66. The molecule has 0 amide bonds. The zero-order chi connectivity index (χ0) is 8.58. The topological polar surface area (TPSA) is 68.3 Å². The van der Waals surface area contributed by atoms with Gasteiger partial charge in [0.1, 0.15) is 0 Å². The molecule has 0 bridgehead atoms. The van der Waals surface area contributed by atoms with E-state index in [2.05, 4.69) is 6.92 Å². The summed E-state index contributed by atoms with van der Waals surface area (Å²) in [5.41, 5.74) is 0. The lowest BCUT2D eigenvalue weighted by Gasteiger charge is -2.04. The number of hydrogen-bond acceptors (Lipinski definition) is 4. The van der Waals surface area contributed by atoms with E-state index in [0.717, 1.165) is 12.5 Å².